The van der Waals surface area contributed by atoms with Gasteiger partial charge in [-0.05, 0) is 28.5 Å². The fraction of sp³-hybridized carbons (Fsp3) is 0.238. The average molecular weight is 366 g/mol. The van der Waals surface area contributed by atoms with Crippen molar-refractivity contribution in [3.8, 4) is 0 Å². The Kier molecular flexibility index (Phi) is 4.76. The zero-order valence-electron chi connectivity index (χ0n) is 14.6. The minimum atomic E-state index is -3.39. The van der Waals surface area contributed by atoms with Crippen LogP contribution < -0.4 is 0 Å². The molecule has 0 saturated carbocycles. The lowest BCUT2D eigenvalue weighted by Gasteiger charge is -2.34. The van der Waals surface area contributed by atoms with Gasteiger partial charge in [0, 0.05) is 32.7 Å². The van der Waals surface area contributed by atoms with E-state index in [9.17, 15) is 8.42 Å². The third kappa shape index (κ3) is 3.38. The molecule has 0 radical (unpaired) electrons. The smallest absolute Gasteiger partial charge is 0.243 e. The van der Waals surface area contributed by atoms with E-state index in [1.807, 2.05) is 6.07 Å². The van der Waals surface area contributed by atoms with E-state index in [4.69, 9.17) is 0 Å². The van der Waals surface area contributed by atoms with Crippen LogP contribution in [0.15, 0.2) is 77.7 Å². The van der Waals surface area contributed by atoms with Gasteiger partial charge in [0.1, 0.15) is 0 Å². The summed E-state index contributed by atoms with van der Waals surface area (Å²) in [4.78, 5) is 2.71. The van der Waals surface area contributed by atoms with Crippen LogP contribution in [-0.4, -0.2) is 43.8 Å². The predicted octanol–water partition coefficient (Wildman–Crippen LogP) is 3.35. The Morgan fingerprint density at radius 3 is 2.15 bits per heavy atom. The molecule has 134 valence electrons. The summed E-state index contributed by atoms with van der Waals surface area (Å²) in [5, 5.41) is 2.52. The summed E-state index contributed by atoms with van der Waals surface area (Å²) < 4.78 is 27.1. The monoisotopic (exact) mass is 366 g/mol. The molecule has 3 aromatic rings. The highest BCUT2D eigenvalue weighted by Crippen LogP contribution is 2.22. The Morgan fingerprint density at radius 2 is 1.38 bits per heavy atom. The summed E-state index contributed by atoms with van der Waals surface area (Å²) in [6.07, 6.45) is 0. The van der Waals surface area contributed by atoms with Crippen LogP contribution in [-0.2, 0) is 16.6 Å². The Hall–Kier alpha value is -2.21. The molecule has 0 aromatic heterocycles. The van der Waals surface area contributed by atoms with Crippen LogP contribution in [0.2, 0.25) is 0 Å². The maximum atomic E-state index is 12.7. The second-order valence-corrected chi connectivity index (χ2v) is 8.57. The van der Waals surface area contributed by atoms with Gasteiger partial charge in [-0.2, -0.15) is 4.31 Å². The lowest BCUT2D eigenvalue weighted by Crippen LogP contribution is -2.48. The first kappa shape index (κ1) is 17.2. The molecule has 0 atom stereocenters. The Bertz CT molecular complexity index is 989. The molecular weight excluding hydrogens is 344 g/mol. The molecule has 5 heteroatoms. The van der Waals surface area contributed by atoms with Gasteiger partial charge < -0.3 is 0 Å². The quantitative estimate of drug-likeness (QED) is 0.711. The average Bonchev–Trinajstić information content (AvgIpc) is 2.69. The third-order valence-corrected chi connectivity index (χ3v) is 6.90. The second kappa shape index (κ2) is 7.19. The molecule has 4 nitrogen and oxygen atoms in total. The van der Waals surface area contributed by atoms with Crippen LogP contribution >= 0.6 is 0 Å². The fourth-order valence-electron chi connectivity index (χ4n) is 3.54. The largest absolute Gasteiger partial charge is 0.296 e. The molecule has 4 rings (SSSR count). The van der Waals surface area contributed by atoms with Crippen LogP contribution in [0.4, 0.5) is 0 Å². The summed E-state index contributed by atoms with van der Waals surface area (Å²) in [5.41, 5.74) is 1.29. The van der Waals surface area contributed by atoms with Gasteiger partial charge in [0.05, 0.1) is 4.90 Å². The van der Waals surface area contributed by atoms with Gasteiger partial charge in [0.15, 0.2) is 0 Å². The number of sulfonamides is 1. The van der Waals surface area contributed by atoms with E-state index >= 15 is 0 Å². The van der Waals surface area contributed by atoms with Crippen LogP contribution in [0.1, 0.15) is 5.56 Å². The van der Waals surface area contributed by atoms with Crippen LogP contribution in [0.25, 0.3) is 10.8 Å². The second-order valence-electron chi connectivity index (χ2n) is 6.63. The molecule has 0 spiro atoms. The van der Waals surface area contributed by atoms with Crippen molar-refractivity contribution in [3.63, 3.8) is 0 Å². The van der Waals surface area contributed by atoms with Crippen molar-refractivity contribution in [1.82, 2.24) is 9.21 Å². The molecule has 1 aliphatic rings. The van der Waals surface area contributed by atoms with Gasteiger partial charge in [-0.15, -0.1) is 0 Å². The van der Waals surface area contributed by atoms with Crippen molar-refractivity contribution in [2.45, 2.75) is 11.4 Å². The third-order valence-electron chi connectivity index (χ3n) is 4.99. The van der Waals surface area contributed by atoms with E-state index < -0.39 is 10.0 Å². The van der Waals surface area contributed by atoms with Crippen LogP contribution in [0, 0.1) is 0 Å². The highest BCUT2D eigenvalue weighted by atomic mass is 32.2. The number of rotatable bonds is 4. The highest BCUT2D eigenvalue weighted by molar-refractivity contribution is 7.89. The van der Waals surface area contributed by atoms with Gasteiger partial charge in [0.25, 0.3) is 0 Å². The minimum absolute atomic E-state index is 0.377. The summed E-state index contributed by atoms with van der Waals surface area (Å²) in [5.74, 6) is 0. The first-order valence-electron chi connectivity index (χ1n) is 8.89. The number of hydrogen-bond donors (Lipinski definition) is 0. The van der Waals surface area contributed by atoms with Crippen molar-refractivity contribution in [3.05, 3.63) is 78.4 Å². The molecule has 1 aliphatic heterocycles. The van der Waals surface area contributed by atoms with E-state index in [1.54, 1.807) is 28.6 Å². The van der Waals surface area contributed by atoms with Gasteiger partial charge in [-0.1, -0.05) is 60.7 Å². The van der Waals surface area contributed by atoms with Gasteiger partial charge in [0.2, 0.25) is 10.0 Å². The van der Waals surface area contributed by atoms with E-state index in [-0.39, 0.29) is 0 Å². The van der Waals surface area contributed by atoms with Crippen molar-refractivity contribution in [2.75, 3.05) is 26.2 Å². The molecular formula is C21H22N2O2S. The van der Waals surface area contributed by atoms with Gasteiger partial charge in [-0.25, -0.2) is 8.42 Å². The molecule has 1 heterocycles. The zero-order chi connectivity index (χ0) is 18.0. The lowest BCUT2D eigenvalue weighted by atomic mass is 10.0. The first-order chi connectivity index (χ1) is 12.6. The normalized spacial score (nSPS) is 16.8. The van der Waals surface area contributed by atoms with Crippen LogP contribution in [0.3, 0.4) is 0 Å². The topological polar surface area (TPSA) is 40.6 Å². The van der Waals surface area contributed by atoms with E-state index in [2.05, 4.69) is 47.4 Å². The standard InChI is InChI=1S/C21H22N2O2S/c24-26(25,20-10-2-1-3-11-20)23-15-13-22(14-16-23)17-19-9-6-8-18-7-4-5-12-21(18)19/h1-12H,13-17H2. The SMILES string of the molecule is O=S(=O)(c1ccccc1)N1CCN(Cc2cccc3ccccc23)CC1. The summed E-state index contributed by atoms with van der Waals surface area (Å²) in [6.45, 7) is 3.40. The summed E-state index contributed by atoms with van der Waals surface area (Å²) >= 11 is 0. The van der Waals surface area contributed by atoms with Crippen molar-refractivity contribution >= 4 is 20.8 Å². The maximum Gasteiger partial charge on any atom is 0.243 e. The summed E-state index contributed by atoms with van der Waals surface area (Å²) in [7, 11) is -3.39. The molecule has 0 amide bonds. The lowest BCUT2D eigenvalue weighted by molar-refractivity contribution is 0.182. The fourth-order valence-corrected chi connectivity index (χ4v) is 4.98. The molecule has 1 saturated heterocycles. The number of nitrogens with zero attached hydrogens (tertiary/aromatic N) is 2. The van der Waals surface area contributed by atoms with Crippen molar-refractivity contribution < 1.29 is 8.42 Å². The molecule has 0 aliphatic carbocycles. The molecule has 1 fully saturated rings. The molecule has 0 unspecified atom stereocenters. The predicted molar refractivity (Wildman–Crippen MR) is 104 cm³/mol. The van der Waals surface area contributed by atoms with Crippen LogP contribution in [0.5, 0.6) is 0 Å². The first-order valence-corrected chi connectivity index (χ1v) is 10.3. The Labute approximate surface area is 154 Å². The molecule has 26 heavy (non-hydrogen) atoms. The van der Waals surface area contributed by atoms with Gasteiger partial charge >= 0.3 is 0 Å². The number of hydrogen-bond acceptors (Lipinski definition) is 3. The number of benzene rings is 3. The van der Waals surface area contributed by atoms with E-state index in [1.165, 1.54) is 16.3 Å². The van der Waals surface area contributed by atoms with Gasteiger partial charge in [-0.3, -0.25) is 4.90 Å². The molecule has 3 aromatic carbocycles. The maximum absolute atomic E-state index is 12.7. The Morgan fingerprint density at radius 1 is 0.731 bits per heavy atom. The summed E-state index contributed by atoms with van der Waals surface area (Å²) in [6, 6.07) is 23.5. The minimum Gasteiger partial charge on any atom is -0.296 e. The number of fused-ring (bicyclic) bond motifs is 1. The van der Waals surface area contributed by atoms with Crippen molar-refractivity contribution in [1.29, 1.82) is 0 Å². The molecule has 0 N–H and O–H groups in total. The van der Waals surface area contributed by atoms with Crippen molar-refractivity contribution in [2.24, 2.45) is 0 Å². The van der Waals surface area contributed by atoms with E-state index in [0.717, 1.165) is 19.6 Å². The Balaban J connectivity index is 1.46. The van der Waals surface area contributed by atoms with E-state index in [0.29, 0.717) is 18.0 Å². The molecule has 0 bridgehead atoms. The highest BCUT2D eigenvalue weighted by Gasteiger charge is 2.28. The number of piperazine rings is 1. The zero-order valence-corrected chi connectivity index (χ0v) is 15.4.